The number of nitrogens with zero attached hydrogens (tertiary/aromatic N) is 2. The Balaban J connectivity index is 1.99. The predicted octanol–water partition coefficient (Wildman–Crippen LogP) is 0.0300. The lowest BCUT2D eigenvalue weighted by Crippen LogP contribution is -2.65. The molecule has 3 aliphatic rings. The van der Waals surface area contributed by atoms with Gasteiger partial charge in [-0.3, -0.25) is 19.3 Å². The van der Waals surface area contributed by atoms with Crippen LogP contribution in [0.2, 0.25) is 0 Å². The summed E-state index contributed by atoms with van der Waals surface area (Å²) in [4.78, 5) is 42.0. The smallest absolute Gasteiger partial charge is 0.255 e. The molecule has 1 fully saturated rings. The van der Waals surface area contributed by atoms with Crippen molar-refractivity contribution in [2.75, 3.05) is 33.1 Å². The van der Waals surface area contributed by atoms with Crippen molar-refractivity contribution in [1.29, 1.82) is 0 Å². The fraction of sp³-hybridized carbons (Fsp3) is 0.435. The summed E-state index contributed by atoms with van der Waals surface area (Å²) in [7, 11) is 6.75. The largest absolute Gasteiger partial charge is 0.508 e. The zero-order chi connectivity index (χ0) is 24.6. The minimum Gasteiger partial charge on any atom is -0.508 e. The number of hydrogen-bond donors (Lipinski definition) is 5. The van der Waals surface area contributed by atoms with Crippen molar-refractivity contribution in [2.45, 2.75) is 24.5 Å². The summed E-state index contributed by atoms with van der Waals surface area (Å²) in [5.41, 5.74) is 3.15. The highest BCUT2D eigenvalue weighted by atomic mass is 16.3. The number of hydrogen-bond acceptors (Lipinski definition) is 9. The van der Waals surface area contributed by atoms with E-state index < -0.39 is 58.0 Å². The second-order valence-corrected chi connectivity index (χ2v) is 9.31. The zero-order valence-corrected chi connectivity index (χ0v) is 18.8. The maximum absolute atomic E-state index is 13.7. The standard InChI is InChI=1S/C23H27N3O7/c1-25(2)12-5-6-13(27)15-10(12)7-9-8-11-17(26(3)4)19(29)16(22(24)32)21(31)23(11,33)20(30)14(9)18(15)28/h5-6,9,11,17,27-28,31,33H,7-8H2,1-4H3,(H2,24,32)/t9?,11?,17-,23-/m0/s1. The molecular formula is C23H27N3O7. The van der Waals surface area contributed by atoms with Gasteiger partial charge in [0.15, 0.2) is 11.4 Å². The van der Waals surface area contributed by atoms with E-state index in [1.807, 2.05) is 19.0 Å². The zero-order valence-electron chi connectivity index (χ0n) is 18.8. The van der Waals surface area contributed by atoms with E-state index in [9.17, 15) is 34.8 Å². The number of likely N-dealkylation sites (N-methyl/N-ethyl adjacent to an activating group) is 1. The normalized spacial score (nSPS) is 29.1. The first kappa shape index (κ1) is 22.8. The third-order valence-corrected chi connectivity index (χ3v) is 7.06. The van der Waals surface area contributed by atoms with Crippen molar-refractivity contribution in [3.63, 3.8) is 0 Å². The van der Waals surface area contributed by atoms with E-state index in [4.69, 9.17) is 5.73 Å². The molecule has 0 radical (unpaired) electrons. The summed E-state index contributed by atoms with van der Waals surface area (Å²) >= 11 is 0. The molecule has 10 nitrogen and oxygen atoms in total. The summed E-state index contributed by atoms with van der Waals surface area (Å²) in [6.45, 7) is 0. The van der Waals surface area contributed by atoms with Crippen LogP contribution in [0.3, 0.4) is 0 Å². The number of nitrogens with two attached hydrogens (primary N) is 1. The molecule has 0 aliphatic heterocycles. The fourth-order valence-corrected chi connectivity index (χ4v) is 5.65. The number of fused-ring (bicyclic) bond motifs is 3. The van der Waals surface area contributed by atoms with Crippen LogP contribution in [0.1, 0.15) is 17.5 Å². The summed E-state index contributed by atoms with van der Waals surface area (Å²) in [6.07, 6.45) is 0.324. The molecule has 1 aromatic rings. The molecule has 4 rings (SSSR count). The highest BCUT2D eigenvalue weighted by Crippen LogP contribution is 2.53. The molecule has 0 heterocycles. The van der Waals surface area contributed by atoms with Gasteiger partial charge in [-0.2, -0.15) is 0 Å². The number of benzene rings is 1. The van der Waals surface area contributed by atoms with Gasteiger partial charge in [-0.1, -0.05) is 0 Å². The number of carbonyl (C=O) groups is 3. The maximum Gasteiger partial charge on any atom is 0.255 e. The van der Waals surface area contributed by atoms with Crippen LogP contribution in [0.25, 0.3) is 5.76 Å². The number of aliphatic hydroxyl groups is 3. The molecule has 0 aromatic heterocycles. The van der Waals surface area contributed by atoms with Gasteiger partial charge in [-0.25, -0.2) is 0 Å². The molecule has 0 bridgehead atoms. The summed E-state index contributed by atoms with van der Waals surface area (Å²) in [5.74, 6) is -6.54. The number of rotatable bonds is 3. The Morgan fingerprint density at radius 2 is 1.76 bits per heavy atom. The topological polar surface area (TPSA) is 165 Å². The molecule has 4 atom stereocenters. The fourth-order valence-electron chi connectivity index (χ4n) is 5.65. The molecule has 1 aromatic carbocycles. The minimum absolute atomic E-state index is 0.0638. The third-order valence-electron chi connectivity index (χ3n) is 7.06. The first-order valence-electron chi connectivity index (χ1n) is 10.5. The van der Waals surface area contributed by atoms with Crippen LogP contribution in [-0.2, 0) is 20.8 Å². The van der Waals surface area contributed by atoms with Crippen LogP contribution in [-0.4, -0.2) is 82.6 Å². The number of phenolic OH excluding ortho intramolecular Hbond substituents is 1. The van der Waals surface area contributed by atoms with Crippen molar-refractivity contribution >= 4 is 28.9 Å². The molecule has 33 heavy (non-hydrogen) atoms. The van der Waals surface area contributed by atoms with Gasteiger partial charge in [0, 0.05) is 31.3 Å². The number of aromatic hydroxyl groups is 1. The number of phenols is 1. The maximum atomic E-state index is 13.7. The third kappa shape index (κ3) is 2.90. The van der Waals surface area contributed by atoms with E-state index in [1.54, 1.807) is 20.2 Å². The van der Waals surface area contributed by atoms with Gasteiger partial charge in [0.2, 0.25) is 5.78 Å². The Bertz CT molecular complexity index is 1170. The first-order valence-corrected chi connectivity index (χ1v) is 10.5. The van der Waals surface area contributed by atoms with Crippen molar-refractivity contribution in [2.24, 2.45) is 17.6 Å². The summed E-state index contributed by atoms with van der Waals surface area (Å²) < 4.78 is 0. The summed E-state index contributed by atoms with van der Waals surface area (Å²) in [5, 5.41) is 43.9. The summed E-state index contributed by atoms with van der Waals surface area (Å²) in [6, 6.07) is 2.01. The Morgan fingerprint density at radius 3 is 2.30 bits per heavy atom. The molecule has 6 N–H and O–H groups in total. The highest BCUT2D eigenvalue weighted by molar-refractivity contribution is 6.24. The second-order valence-electron chi connectivity index (χ2n) is 9.31. The van der Waals surface area contributed by atoms with Gasteiger partial charge in [0.05, 0.1) is 11.6 Å². The average molecular weight is 457 g/mol. The number of carbonyl (C=O) groups excluding carboxylic acids is 3. The predicted molar refractivity (Wildman–Crippen MR) is 119 cm³/mol. The molecule has 1 amide bonds. The Labute approximate surface area is 190 Å². The van der Waals surface area contributed by atoms with E-state index in [2.05, 4.69) is 0 Å². The van der Waals surface area contributed by atoms with E-state index >= 15 is 0 Å². The lowest BCUT2D eigenvalue weighted by molar-refractivity contribution is -0.153. The number of ketones is 2. The van der Waals surface area contributed by atoms with E-state index in [-0.39, 0.29) is 29.7 Å². The van der Waals surface area contributed by atoms with E-state index in [0.29, 0.717) is 5.56 Å². The van der Waals surface area contributed by atoms with Gasteiger partial charge < -0.3 is 31.1 Å². The molecule has 2 unspecified atom stereocenters. The van der Waals surface area contributed by atoms with Crippen molar-refractivity contribution in [1.82, 2.24) is 4.90 Å². The molecule has 176 valence electrons. The second kappa shape index (κ2) is 7.32. The quantitative estimate of drug-likeness (QED) is 0.394. The number of amides is 1. The lowest BCUT2D eigenvalue weighted by Gasteiger charge is -2.50. The number of primary amides is 1. The van der Waals surface area contributed by atoms with Crippen LogP contribution >= 0.6 is 0 Å². The molecule has 0 spiro atoms. The van der Waals surface area contributed by atoms with Crippen LogP contribution in [0, 0.1) is 11.8 Å². The molecular weight excluding hydrogens is 430 g/mol. The number of aliphatic hydroxyl groups excluding tert-OH is 2. The van der Waals surface area contributed by atoms with E-state index in [1.165, 1.54) is 11.0 Å². The monoisotopic (exact) mass is 457 g/mol. The van der Waals surface area contributed by atoms with Crippen LogP contribution in [0.5, 0.6) is 5.75 Å². The Hall–Kier alpha value is -3.37. The highest BCUT2D eigenvalue weighted by Gasteiger charge is 2.64. The first-order chi connectivity index (χ1) is 15.3. The Morgan fingerprint density at radius 1 is 1.12 bits per heavy atom. The van der Waals surface area contributed by atoms with E-state index in [0.717, 1.165) is 5.69 Å². The average Bonchev–Trinajstić information content (AvgIpc) is 2.70. The minimum atomic E-state index is -2.63. The molecule has 3 aliphatic carbocycles. The van der Waals surface area contributed by atoms with Crippen molar-refractivity contribution < 1.29 is 34.8 Å². The number of Topliss-reactive ketones (excluding diaryl/α,β-unsaturated/α-hetero) is 2. The Kier molecular flexibility index (Phi) is 5.06. The van der Waals surface area contributed by atoms with Crippen molar-refractivity contribution in [3.05, 3.63) is 40.2 Å². The van der Waals surface area contributed by atoms with Gasteiger partial charge in [0.25, 0.3) is 5.91 Å². The van der Waals surface area contributed by atoms with Crippen molar-refractivity contribution in [3.8, 4) is 5.75 Å². The van der Waals surface area contributed by atoms with Gasteiger partial charge >= 0.3 is 0 Å². The van der Waals surface area contributed by atoms with Gasteiger partial charge in [-0.15, -0.1) is 0 Å². The lowest BCUT2D eigenvalue weighted by atomic mass is 9.57. The number of anilines is 1. The molecule has 10 heteroatoms. The van der Waals surface area contributed by atoms with Crippen LogP contribution in [0.4, 0.5) is 5.69 Å². The van der Waals surface area contributed by atoms with Gasteiger partial charge in [-0.05, 0) is 50.6 Å². The van der Waals surface area contributed by atoms with Crippen LogP contribution < -0.4 is 10.6 Å². The molecule has 0 saturated heterocycles. The molecule has 1 saturated carbocycles. The van der Waals surface area contributed by atoms with Gasteiger partial charge in [0.1, 0.15) is 22.8 Å². The SMILES string of the molecule is CN(C)c1ccc(O)c2c1CC1CC3[C@H](N(C)C)C(=O)C(C(N)=O)=C(O)[C@@]3(O)C(=O)C1=C2O. The van der Waals surface area contributed by atoms with Crippen LogP contribution in [0.15, 0.2) is 29.0 Å².